The van der Waals surface area contributed by atoms with E-state index in [4.69, 9.17) is 14.2 Å². The maximum Gasteiger partial charge on any atom is 0.295 e. The number of aromatic hydroxyl groups is 1. The van der Waals surface area contributed by atoms with Crippen molar-refractivity contribution in [3.05, 3.63) is 59.2 Å². The number of likely N-dealkylation sites (tertiary alicyclic amines) is 1. The summed E-state index contributed by atoms with van der Waals surface area (Å²) in [5.74, 6) is -1.13. The van der Waals surface area contributed by atoms with E-state index in [1.807, 2.05) is 0 Å². The molecule has 1 saturated heterocycles. The third kappa shape index (κ3) is 3.81. The zero-order chi connectivity index (χ0) is 21.8. The molecule has 8 nitrogen and oxygen atoms in total. The molecule has 2 aromatic rings. The van der Waals surface area contributed by atoms with Crippen LogP contribution in [0.3, 0.4) is 0 Å². The Morgan fingerprint density at radius 1 is 1.03 bits per heavy atom. The lowest BCUT2D eigenvalue weighted by Gasteiger charge is -2.25. The number of phenolic OH excluding ortho intramolecular Hbond substituents is 1. The molecule has 0 aliphatic carbocycles. The highest BCUT2D eigenvalue weighted by atomic mass is 16.5. The van der Waals surface area contributed by atoms with Crippen molar-refractivity contribution in [1.29, 1.82) is 0 Å². The minimum absolute atomic E-state index is 0.0472. The van der Waals surface area contributed by atoms with Crippen LogP contribution in [0.5, 0.6) is 17.2 Å². The van der Waals surface area contributed by atoms with E-state index < -0.39 is 17.7 Å². The van der Waals surface area contributed by atoms with E-state index in [1.165, 1.54) is 38.4 Å². The number of phenols is 1. The summed E-state index contributed by atoms with van der Waals surface area (Å²) < 4.78 is 15.4. The fourth-order valence-electron chi connectivity index (χ4n) is 3.42. The van der Waals surface area contributed by atoms with Gasteiger partial charge in [-0.3, -0.25) is 9.59 Å². The molecular weight excluding hydrogens is 390 g/mol. The molecule has 1 aliphatic heterocycles. The number of amides is 1. The number of aliphatic hydroxyl groups excluding tert-OH is 1. The van der Waals surface area contributed by atoms with E-state index in [0.29, 0.717) is 16.9 Å². The number of carbonyl (C=O) groups excluding carboxylic acids is 2. The van der Waals surface area contributed by atoms with Gasteiger partial charge in [0.25, 0.3) is 11.7 Å². The average Bonchev–Trinajstić information content (AvgIpc) is 3.02. The first-order chi connectivity index (χ1) is 14.4. The second-order valence-corrected chi connectivity index (χ2v) is 6.65. The smallest absolute Gasteiger partial charge is 0.295 e. The highest BCUT2D eigenvalue weighted by Gasteiger charge is 2.46. The van der Waals surface area contributed by atoms with Crippen molar-refractivity contribution >= 4 is 17.4 Å². The average molecular weight is 413 g/mol. The SMILES string of the molecule is COCCN1C(=O)C(=O)C(=C(O)c2ccc(OC)cc2)[C@H]1c1ccc(O)c(OC)c1. The Hall–Kier alpha value is -3.52. The van der Waals surface area contributed by atoms with Crippen molar-refractivity contribution in [1.82, 2.24) is 4.90 Å². The number of carbonyl (C=O) groups is 2. The lowest BCUT2D eigenvalue weighted by Crippen LogP contribution is -2.32. The lowest BCUT2D eigenvalue weighted by molar-refractivity contribution is -0.140. The molecule has 1 amide bonds. The number of aliphatic hydroxyl groups is 1. The Morgan fingerprint density at radius 3 is 2.33 bits per heavy atom. The molecule has 0 unspecified atom stereocenters. The van der Waals surface area contributed by atoms with E-state index in [2.05, 4.69) is 0 Å². The lowest BCUT2D eigenvalue weighted by atomic mass is 9.95. The molecule has 3 rings (SSSR count). The number of Topliss-reactive ketones (excluding diaryl/α,β-unsaturated/α-hetero) is 1. The summed E-state index contributed by atoms with van der Waals surface area (Å²) in [7, 11) is 4.42. The number of rotatable bonds is 7. The molecule has 0 spiro atoms. The largest absolute Gasteiger partial charge is 0.507 e. The summed E-state index contributed by atoms with van der Waals surface area (Å²) in [4.78, 5) is 26.9. The second kappa shape index (κ2) is 8.87. The Morgan fingerprint density at radius 2 is 1.73 bits per heavy atom. The standard InChI is InChI=1S/C22H23NO7/c1-28-11-10-23-19(14-6-9-16(24)17(12-14)30-3)18(21(26)22(23)27)20(25)13-4-7-15(29-2)8-5-13/h4-9,12,19,24-25H,10-11H2,1-3H3/t19-/m1/s1. The Kier molecular flexibility index (Phi) is 6.27. The van der Waals surface area contributed by atoms with Crippen LogP contribution in [0.1, 0.15) is 17.2 Å². The molecule has 1 aliphatic rings. The minimum Gasteiger partial charge on any atom is -0.507 e. The first-order valence-corrected chi connectivity index (χ1v) is 9.21. The van der Waals surface area contributed by atoms with Crippen LogP contribution in [0.4, 0.5) is 0 Å². The Balaban J connectivity index is 2.16. The molecule has 2 aromatic carbocycles. The predicted octanol–water partition coefficient (Wildman–Crippen LogP) is 2.48. The summed E-state index contributed by atoms with van der Waals surface area (Å²) in [5.41, 5.74) is 0.834. The van der Waals surface area contributed by atoms with Gasteiger partial charge in [0.1, 0.15) is 11.5 Å². The van der Waals surface area contributed by atoms with Crippen molar-refractivity contribution in [2.45, 2.75) is 6.04 Å². The number of benzene rings is 2. The van der Waals surface area contributed by atoms with Crippen molar-refractivity contribution in [3.8, 4) is 17.2 Å². The topological polar surface area (TPSA) is 106 Å². The van der Waals surface area contributed by atoms with Crippen LogP contribution < -0.4 is 9.47 Å². The number of hydrogen-bond donors (Lipinski definition) is 2. The van der Waals surface area contributed by atoms with Gasteiger partial charge in [-0.05, 0) is 42.0 Å². The monoisotopic (exact) mass is 413 g/mol. The van der Waals surface area contributed by atoms with Crippen LogP contribution in [0.25, 0.3) is 5.76 Å². The van der Waals surface area contributed by atoms with Crippen molar-refractivity contribution in [2.75, 3.05) is 34.5 Å². The first kappa shape index (κ1) is 21.2. The predicted molar refractivity (Wildman–Crippen MR) is 109 cm³/mol. The van der Waals surface area contributed by atoms with E-state index in [0.717, 1.165) is 0 Å². The van der Waals surface area contributed by atoms with Crippen molar-refractivity contribution in [3.63, 3.8) is 0 Å². The van der Waals surface area contributed by atoms with E-state index >= 15 is 0 Å². The Bertz CT molecular complexity index is 981. The van der Waals surface area contributed by atoms with Gasteiger partial charge in [0, 0.05) is 19.2 Å². The van der Waals surface area contributed by atoms with Crippen LogP contribution in [-0.2, 0) is 14.3 Å². The molecule has 1 atom stereocenters. The summed E-state index contributed by atoms with van der Waals surface area (Å²) in [6.45, 7) is 0.357. The maximum absolute atomic E-state index is 12.9. The van der Waals surface area contributed by atoms with Gasteiger partial charge < -0.3 is 29.3 Å². The normalized spacial score (nSPS) is 18.0. The molecule has 0 saturated carbocycles. The molecule has 1 heterocycles. The second-order valence-electron chi connectivity index (χ2n) is 6.65. The van der Waals surface area contributed by atoms with Crippen LogP contribution in [0, 0.1) is 0 Å². The quantitative estimate of drug-likeness (QED) is 0.408. The number of ketones is 1. The van der Waals surface area contributed by atoms with Gasteiger partial charge >= 0.3 is 0 Å². The van der Waals surface area contributed by atoms with Crippen molar-refractivity contribution in [2.24, 2.45) is 0 Å². The summed E-state index contributed by atoms with van der Waals surface area (Å²) >= 11 is 0. The fraction of sp³-hybridized carbons (Fsp3) is 0.273. The van der Waals surface area contributed by atoms with Crippen LogP contribution in [-0.4, -0.2) is 61.3 Å². The van der Waals surface area contributed by atoms with Gasteiger partial charge in [-0.2, -0.15) is 0 Å². The highest BCUT2D eigenvalue weighted by molar-refractivity contribution is 6.46. The third-order valence-corrected chi connectivity index (χ3v) is 4.96. The first-order valence-electron chi connectivity index (χ1n) is 9.21. The molecule has 0 radical (unpaired) electrons. The summed E-state index contributed by atoms with van der Waals surface area (Å²) in [5, 5.41) is 20.9. The zero-order valence-electron chi connectivity index (χ0n) is 16.9. The molecular formula is C22H23NO7. The molecule has 0 aromatic heterocycles. The van der Waals surface area contributed by atoms with Crippen molar-refractivity contribution < 1.29 is 34.0 Å². The number of ether oxygens (including phenoxy) is 3. The zero-order valence-corrected chi connectivity index (χ0v) is 16.9. The van der Waals surface area contributed by atoms with Crippen LogP contribution in [0.15, 0.2) is 48.0 Å². The fourth-order valence-corrected chi connectivity index (χ4v) is 3.42. The number of nitrogens with zero attached hydrogens (tertiary/aromatic N) is 1. The van der Waals surface area contributed by atoms with Gasteiger partial charge in [-0.25, -0.2) is 0 Å². The van der Waals surface area contributed by atoms with E-state index in [-0.39, 0.29) is 36.0 Å². The molecule has 0 bridgehead atoms. The number of methoxy groups -OCH3 is 3. The summed E-state index contributed by atoms with van der Waals surface area (Å²) in [6.07, 6.45) is 0. The van der Waals surface area contributed by atoms with Gasteiger partial charge in [0.05, 0.1) is 32.4 Å². The molecule has 8 heteroatoms. The number of hydrogen-bond acceptors (Lipinski definition) is 7. The molecule has 1 fully saturated rings. The van der Waals surface area contributed by atoms with E-state index in [9.17, 15) is 19.8 Å². The van der Waals surface area contributed by atoms with Crippen LogP contribution >= 0.6 is 0 Å². The van der Waals surface area contributed by atoms with Gasteiger partial charge in [0.2, 0.25) is 0 Å². The van der Waals surface area contributed by atoms with Crippen LogP contribution in [0.2, 0.25) is 0 Å². The van der Waals surface area contributed by atoms with Gasteiger partial charge in [-0.15, -0.1) is 0 Å². The minimum atomic E-state index is -0.864. The van der Waals surface area contributed by atoms with Gasteiger partial charge in [0.15, 0.2) is 11.5 Å². The highest BCUT2D eigenvalue weighted by Crippen LogP contribution is 2.41. The van der Waals surface area contributed by atoms with E-state index in [1.54, 1.807) is 30.3 Å². The Labute approximate surface area is 173 Å². The maximum atomic E-state index is 12.9. The third-order valence-electron chi connectivity index (χ3n) is 4.96. The molecule has 2 N–H and O–H groups in total. The molecule has 30 heavy (non-hydrogen) atoms. The van der Waals surface area contributed by atoms with Gasteiger partial charge in [-0.1, -0.05) is 6.07 Å². The molecule has 158 valence electrons. The summed E-state index contributed by atoms with van der Waals surface area (Å²) in [6, 6.07) is 10.2.